The van der Waals surface area contributed by atoms with Gasteiger partial charge in [-0.15, -0.1) is 0 Å². The molecule has 8 heteroatoms. The summed E-state index contributed by atoms with van der Waals surface area (Å²) in [5.74, 6) is 0.629. The van der Waals surface area contributed by atoms with Crippen LogP contribution in [0.4, 0.5) is 0 Å². The average Bonchev–Trinajstić information content (AvgIpc) is 3.13. The van der Waals surface area contributed by atoms with E-state index in [1.807, 2.05) is 31.6 Å². The number of carbonyl (C=O) groups is 1. The van der Waals surface area contributed by atoms with E-state index < -0.39 is 0 Å². The highest BCUT2D eigenvalue weighted by Crippen LogP contribution is 2.27. The summed E-state index contributed by atoms with van der Waals surface area (Å²) in [6, 6.07) is 2.05. The van der Waals surface area contributed by atoms with E-state index in [-0.39, 0.29) is 24.5 Å². The third-order valence-corrected chi connectivity index (χ3v) is 4.78. The molecule has 3 heterocycles. The van der Waals surface area contributed by atoms with Crippen LogP contribution < -0.4 is 5.32 Å². The zero-order valence-electron chi connectivity index (χ0n) is 15.2. The van der Waals surface area contributed by atoms with Crippen molar-refractivity contribution in [3.05, 3.63) is 35.0 Å². The smallest absolute Gasteiger partial charge is 0.224 e. The molecule has 0 spiro atoms. The van der Waals surface area contributed by atoms with Crippen LogP contribution in [0, 0.1) is 13.8 Å². The largest absolute Gasteiger partial charge is 0.373 e. The number of morpholine rings is 1. The topological polar surface area (TPSA) is 85.4 Å². The lowest BCUT2D eigenvalue weighted by Crippen LogP contribution is -2.49. The molecule has 1 saturated heterocycles. The molecule has 0 unspecified atom stereocenters. The molecule has 0 aliphatic carbocycles. The fourth-order valence-corrected chi connectivity index (χ4v) is 3.31. The summed E-state index contributed by atoms with van der Waals surface area (Å²) in [7, 11) is 3.99. The van der Waals surface area contributed by atoms with Gasteiger partial charge in [0.15, 0.2) is 0 Å². The van der Waals surface area contributed by atoms with Crippen molar-refractivity contribution in [3.8, 4) is 0 Å². The first-order valence-corrected chi connectivity index (χ1v) is 8.45. The number of amides is 1. The van der Waals surface area contributed by atoms with Gasteiger partial charge in [0, 0.05) is 31.9 Å². The molecule has 3 rings (SSSR count). The Balaban J connectivity index is 1.64. The van der Waals surface area contributed by atoms with Gasteiger partial charge in [-0.25, -0.2) is 0 Å². The van der Waals surface area contributed by atoms with Crippen molar-refractivity contribution < 1.29 is 14.1 Å². The van der Waals surface area contributed by atoms with Gasteiger partial charge in [-0.2, -0.15) is 5.10 Å². The van der Waals surface area contributed by atoms with E-state index in [0.29, 0.717) is 18.9 Å². The zero-order chi connectivity index (χ0) is 18.0. The van der Waals surface area contributed by atoms with Gasteiger partial charge in [-0.1, -0.05) is 5.16 Å². The molecular weight excluding hydrogens is 322 g/mol. The van der Waals surface area contributed by atoms with Gasteiger partial charge < -0.3 is 14.6 Å². The lowest BCUT2D eigenvalue weighted by Gasteiger charge is -2.39. The van der Waals surface area contributed by atoms with Crippen LogP contribution in [0.25, 0.3) is 0 Å². The van der Waals surface area contributed by atoms with Crippen molar-refractivity contribution in [2.75, 3.05) is 26.7 Å². The second-order valence-corrected chi connectivity index (χ2v) is 6.50. The molecule has 0 bridgehead atoms. The number of carbonyl (C=O) groups excluding carboxylic acids is 1. The predicted octanol–water partition coefficient (Wildman–Crippen LogP) is 0.756. The van der Waals surface area contributed by atoms with E-state index >= 15 is 0 Å². The van der Waals surface area contributed by atoms with E-state index in [1.165, 1.54) is 0 Å². The number of nitrogens with one attached hydrogen (secondary N) is 1. The van der Waals surface area contributed by atoms with Gasteiger partial charge in [0.05, 0.1) is 36.6 Å². The van der Waals surface area contributed by atoms with Gasteiger partial charge >= 0.3 is 0 Å². The molecule has 136 valence electrons. The summed E-state index contributed by atoms with van der Waals surface area (Å²) < 4.78 is 12.9. The number of ether oxygens (including phenoxy) is 1. The Kier molecular flexibility index (Phi) is 5.19. The zero-order valence-corrected chi connectivity index (χ0v) is 15.2. The van der Waals surface area contributed by atoms with Crippen molar-refractivity contribution in [1.29, 1.82) is 0 Å². The van der Waals surface area contributed by atoms with Crippen LogP contribution in [-0.2, 0) is 23.0 Å². The lowest BCUT2D eigenvalue weighted by atomic mass is 10.0. The third kappa shape index (κ3) is 3.74. The fraction of sp³-hybridized carbons (Fsp3) is 0.588. The van der Waals surface area contributed by atoms with Crippen LogP contribution in [0.3, 0.4) is 0 Å². The molecular formula is C17H25N5O3. The fourth-order valence-electron chi connectivity index (χ4n) is 3.31. The summed E-state index contributed by atoms with van der Waals surface area (Å²) in [4.78, 5) is 14.6. The average molecular weight is 347 g/mol. The van der Waals surface area contributed by atoms with E-state index in [1.54, 1.807) is 6.20 Å². The number of rotatable bonds is 5. The number of aryl methyl sites for hydroxylation is 3. The number of aromatic nitrogens is 3. The summed E-state index contributed by atoms with van der Waals surface area (Å²) in [6.07, 6.45) is 1.92. The van der Waals surface area contributed by atoms with Crippen molar-refractivity contribution in [3.63, 3.8) is 0 Å². The number of hydrogen-bond acceptors (Lipinski definition) is 6. The van der Waals surface area contributed by atoms with E-state index in [2.05, 4.69) is 27.5 Å². The Morgan fingerprint density at radius 2 is 2.20 bits per heavy atom. The highest BCUT2D eigenvalue weighted by atomic mass is 16.5. The number of nitrogens with zero attached hydrogens (tertiary/aromatic N) is 4. The molecule has 0 radical (unpaired) electrons. The summed E-state index contributed by atoms with van der Waals surface area (Å²) in [5.41, 5.74) is 2.68. The summed E-state index contributed by atoms with van der Waals surface area (Å²) in [5, 5.41) is 11.1. The van der Waals surface area contributed by atoms with Crippen LogP contribution >= 0.6 is 0 Å². The van der Waals surface area contributed by atoms with Crippen LogP contribution in [0.1, 0.15) is 28.8 Å². The van der Waals surface area contributed by atoms with Gasteiger partial charge in [0.2, 0.25) is 5.91 Å². The SMILES string of the molecule is Cc1noc(C)c1CC(=O)NC[C@@H]1OCCN(C)[C@H]1c1ccnn1C. The Bertz CT molecular complexity index is 719. The first-order valence-electron chi connectivity index (χ1n) is 8.45. The molecule has 25 heavy (non-hydrogen) atoms. The van der Waals surface area contributed by atoms with Crippen LogP contribution in [0.2, 0.25) is 0 Å². The molecule has 0 aromatic carbocycles. The molecule has 1 fully saturated rings. The standard InChI is InChI=1S/C17H25N5O3/c1-11-13(12(2)25-20-11)9-16(23)18-10-15-17(21(3)7-8-24-15)14-5-6-19-22(14)4/h5-6,15,17H,7-10H2,1-4H3,(H,18,23)/t15-,17-/m0/s1. The first-order chi connectivity index (χ1) is 12.0. The predicted molar refractivity (Wildman–Crippen MR) is 91.0 cm³/mol. The minimum absolute atomic E-state index is 0.0561. The minimum Gasteiger partial charge on any atom is -0.373 e. The maximum absolute atomic E-state index is 12.3. The van der Waals surface area contributed by atoms with Crippen molar-refractivity contribution in [1.82, 2.24) is 25.2 Å². The molecule has 1 aliphatic rings. The monoisotopic (exact) mass is 347 g/mol. The van der Waals surface area contributed by atoms with Crippen molar-refractivity contribution in [2.45, 2.75) is 32.4 Å². The molecule has 0 saturated carbocycles. The lowest BCUT2D eigenvalue weighted by molar-refractivity contribution is -0.122. The van der Waals surface area contributed by atoms with Gasteiger partial charge in [-0.05, 0) is 27.0 Å². The van der Waals surface area contributed by atoms with Crippen molar-refractivity contribution in [2.24, 2.45) is 7.05 Å². The van der Waals surface area contributed by atoms with Crippen molar-refractivity contribution >= 4 is 5.91 Å². The van der Waals surface area contributed by atoms with Gasteiger partial charge in [0.1, 0.15) is 5.76 Å². The van der Waals surface area contributed by atoms with E-state index in [0.717, 1.165) is 23.5 Å². The maximum atomic E-state index is 12.3. The molecule has 1 N–H and O–H groups in total. The second-order valence-electron chi connectivity index (χ2n) is 6.50. The molecule has 1 amide bonds. The minimum atomic E-state index is -0.122. The Labute approximate surface area is 147 Å². The van der Waals surface area contributed by atoms with Gasteiger partial charge in [0.25, 0.3) is 0 Å². The second kappa shape index (κ2) is 7.37. The Morgan fingerprint density at radius 3 is 2.84 bits per heavy atom. The van der Waals surface area contributed by atoms with Crippen LogP contribution in [0.5, 0.6) is 0 Å². The molecule has 2 aromatic rings. The summed E-state index contributed by atoms with van der Waals surface area (Å²) >= 11 is 0. The summed E-state index contributed by atoms with van der Waals surface area (Å²) in [6.45, 7) is 5.61. The maximum Gasteiger partial charge on any atom is 0.224 e. The molecule has 1 aliphatic heterocycles. The molecule has 2 aromatic heterocycles. The number of likely N-dealkylation sites (N-methyl/N-ethyl adjacent to an activating group) is 1. The van der Waals surface area contributed by atoms with Gasteiger partial charge in [-0.3, -0.25) is 14.4 Å². The Morgan fingerprint density at radius 1 is 1.40 bits per heavy atom. The highest BCUT2D eigenvalue weighted by Gasteiger charge is 2.33. The number of hydrogen-bond donors (Lipinski definition) is 1. The van der Waals surface area contributed by atoms with Crippen LogP contribution in [-0.4, -0.2) is 58.6 Å². The Hall–Kier alpha value is -2.19. The third-order valence-electron chi connectivity index (χ3n) is 4.78. The molecule has 8 nitrogen and oxygen atoms in total. The normalized spacial score (nSPS) is 21.4. The van der Waals surface area contributed by atoms with E-state index in [9.17, 15) is 4.79 Å². The van der Waals surface area contributed by atoms with Crippen LogP contribution in [0.15, 0.2) is 16.8 Å². The first kappa shape index (κ1) is 17.6. The highest BCUT2D eigenvalue weighted by molar-refractivity contribution is 5.79. The quantitative estimate of drug-likeness (QED) is 0.859. The molecule has 2 atom stereocenters. The van der Waals surface area contributed by atoms with E-state index in [4.69, 9.17) is 9.26 Å².